The number of aliphatic hydroxyl groups excluding tert-OH is 1. The molecule has 0 fully saturated rings. The summed E-state index contributed by atoms with van der Waals surface area (Å²) in [5.74, 6) is -5.30. The van der Waals surface area contributed by atoms with Crippen LogP contribution in [0.5, 0.6) is 0 Å². The summed E-state index contributed by atoms with van der Waals surface area (Å²) in [5, 5.41) is 9.34. The molecule has 1 radical (unpaired) electrons. The fraction of sp³-hybridized carbons (Fsp3) is 0.810. The maximum absolute atomic E-state index is 12.8. The van der Waals surface area contributed by atoms with Gasteiger partial charge < -0.3 is 14.6 Å². The van der Waals surface area contributed by atoms with Crippen molar-refractivity contribution < 1.29 is 54.4 Å². The Morgan fingerprint density at radius 1 is 0.700 bits per heavy atom. The van der Waals surface area contributed by atoms with Gasteiger partial charge in [-0.15, -0.1) is 0 Å². The van der Waals surface area contributed by atoms with Crippen LogP contribution in [0.15, 0.2) is 11.3 Å². The standard InChI is InChI=1S/C21H35F3O5.Cu/c1-3-5-7-9-11-13-15-28-19(26)17(18(25)21(22,23)24)20(27)29-16-14-12-10-8-6-4-2;/h25H,3-16H2,1-2H3;. The van der Waals surface area contributed by atoms with Gasteiger partial charge in [-0.25, -0.2) is 9.59 Å². The van der Waals surface area contributed by atoms with Crippen molar-refractivity contribution in [2.45, 2.75) is 97.1 Å². The van der Waals surface area contributed by atoms with Gasteiger partial charge in [-0.1, -0.05) is 78.1 Å². The first-order chi connectivity index (χ1) is 13.8. The van der Waals surface area contributed by atoms with Crippen molar-refractivity contribution in [1.82, 2.24) is 0 Å². The molecule has 0 aromatic heterocycles. The SMILES string of the molecule is CCCCCCCCOC(=O)C(C(=O)OCCCCCCCC)=C(O)C(F)(F)F.[Cu]. The van der Waals surface area contributed by atoms with Gasteiger partial charge in [-0.05, 0) is 12.8 Å². The van der Waals surface area contributed by atoms with Gasteiger partial charge in [-0.3, -0.25) is 0 Å². The van der Waals surface area contributed by atoms with Gasteiger partial charge in [0.1, 0.15) is 0 Å². The zero-order valence-electron chi connectivity index (χ0n) is 17.9. The number of rotatable bonds is 16. The molecule has 30 heavy (non-hydrogen) atoms. The van der Waals surface area contributed by atoms with E-state index in [-0.39, 0.29) is 30.3 Å². The molecule has 0 atom stereocenters. The minimum absolute atomic E-state index is 0. The monoisotopic (exact) mass is 487 g/mol. The van der Waals surface area contributed by atoms with Gasteiger partial charge in [0.05, 0.1) is 13.2 Å². The van der Waals surface area contributed by atoms with E-state index in [1.807, 2.05) is 0 Å². The maximum atomic E-state index is 12.8. The molecule has 0 spiro atoms. The normalized spacial score (nSPS) is 10.8. The molecule has 1 N–H and O–H groups in total. The van der Waals surface area contributed by atoms with Gasteiger partial charge >= 0.3 is 18.1 Å². The third-order valence-corrected chi connectivity index (χ3v) is 4.38. The molecule has 0 rings (SSSR count). The molecule has 0 aromatic rings. The van der Waals surface area contributed by atoms with Crippen LogP contribution in [0.3, 0.4) is 0 Å². The van der Waals surface area contributed by atoms with E-state index in [0.717, 1.165) is 64.2 Å². The fourth-order valence-electron chi connectivity index (χ4n) is 2.66. The second-order valence-corrected chi connectivity index (χ2v) is 7.03. The summed E-state index contributed by atoms with van der Waals surface area (Å²) < 4.78 is 48.0. The number of esters is 2. The van der Waals surface area contributed by atoms with Crippen molar-refractivity contribution in [2.75, 3.05) is 13.2 Å². The molecule has 0 aliphatic carbocycles. The van der Waals surface area contributed by atoms with Crippen molar-refractivity contribution >= 4 is 11.9 Å². The smallest absolute Gasteiger partial charge is 0.449 e. The van der Waals surface area contributed by atoms with Crippen LogP contribution in [0.4, 0.5) is 13.2 Å². The Bertz CT molecular complexity index is 475. The summed E-state index contributed by atoms with van der Waals surface area (Å²) in [7, 11) is 0. The van der Waals surface area contributed by atoms with E-state index in [1.165, 1.54) is 0 Å². The van der Waals surface area contributed by atoms with Crippen LogP contribution in [0.2, 0.25) is 0 Å². The first kappa shape index (κ1) is 31.0. The van der Waals surface area contributed by atoms with E-state index in [0.29, 0.717) is 12.8 Å². The number of hydrogen-bond acceptors (Lipinski definition) is 5. The predicted molar refractivity (Wildman–Crippen MR) is 104 cm³/mol. The topological polar surface area (TPSA) is 72.8 Å². The van der Waals surface area contributed by atoms with Gasteiger partial charge in [0, 0.05) is 17.1 Å². The third kappa shape index (κ3) is 14.7. The molecule has 0 unspecified atom stereocenters. The van der Waals surface area contributed by atoms with Crippen molar-refractivity contribution in [3.63, 3.8) is 0 Å². The van der Waals surface area contributed by atoms with Crippen LogP contribution in [0.1, 0.15) is 90.9 Å². The molecule has 5 nitrogen and oxygen atoms in total. The Kier molecular flexibility index (Phi) is 19.2. The van der Waals surface area contributed by atoms with Gasteiger partial charge in [0.25, 0.3) is 0 Å². The fourth-order valence-corrected chi connectivity index (χ4v) is 2.66. The molecular formula is C21H35CuF3O5. The summed E-state index contributed by atoms with van der Waals surface area (Å²) in [6.07, 6.45) is 5.53. The molecule has 0 bridgehead atoms. The molecule has 0 amide bonds. The molecule has 0 heterocycles. The molecule has 9 heteroatoms. The summed E-state index contributed by atoms with van der Waals surface area (Å²) in [5.41, 5.74) is -1.49. The molecule has 181 valence electrons. The molecule has 0 saturated heterocycles. The zero-order chi connectivity index (χ0) is 22.1. The van der Waals surface area contributed by atoms with Crippen LogP contribution in [0, 0.1) is 0 Å². The van der Waals surface area contributed by atoms with Crippen LogP contribution in [0.25, 0.3) is 0 Å². The molecule has 0 saturated carbocycles. The Morgan fingerprint density at radius 2 is 1.03 bits per heavy atom. The zero-order valence-corrected chi connectivity index (χ0v) is 18.9. The van der Waals surface area contributed by atoms with Crippen molar-refractivity contribution in [3.8, 4) is 0 Å². The largest absolute Gasteiger partial charge is 0.503 e. The van der Waals surface area contributed by atoms with E-state index >= 15 is 0 Å². The molecule has 0 aromatic carbocycles. The number of aliphatic hydroxyl groups is 1. The predicted octanol–water partition coefficient (Wildman–Crippen LogP) is 6.17. The summed E-state index contributed by atoms with van der Waals surface area (Å²) >= 11 is 0. The number of carbonyl (C=O) groups excluding carboxylic acids is 2. The minimum atomic E-state index is -5.24. The first-order valence-corrected chi connectivity index (χ1v) is 10.6. The van der Waals surface area contributed by atoms with E-state index in [2.05, 4.69) is 13.8 Å². The number of allylic oxidation sites excluding steroid dienone is 1. The Balaban J connectivity index is 0. The molecule has 0 aliphatic rings. The van der Waals surface area contributed by atoms with Gasteiger partial charge in [0.15, 0.2) is 5.57 Å². The van der Waals surface area contributed by atoms with Gasteiger partial charge in [-0.2, -0.15) is 13.2 Å². The Hall–Kier alpha value is -1.21. The van der Waals surface area contributed by atoms with Crippen LogP contribution in [-0.2, 0) is 36.1 Å². The van der Waals surface area contributed by atoms with Crippen molar-refractivity contribution in [3.05, 3.63) is 11.3 Å². The summed E-state index contributed by atoms with van der Waals surface area (Å²) in [6, 6.07) is 0. The quantitative estimate of drug-likeness (QED) is 0.0536. The third-order valence-electron chi connectivity index (χ3n) is 4.38. The second-order valence-electron chi connectivity index (χ2n) is 7.03. The number of unbranched alkanes of at least 4 members (excludes halogenated alkanes) is 10. The van der Waals surface area contributed by atoms with E-state index in [4.69, 9.17) is 9.47 Å². The summed E-state index contributed by atoms with van der Waals surface area (Å²) in [6.45, 7) is 3.91. The minimum Gasteiger partial charge on any atom is -0.503 e. The number of hydrogen-bond donors (Lipinski definition) is 1. The number of carbonyl (C=O) groups is 2. The average molecular weight is 488 g/mol. The van der Waals surface area contributed by atoms with E-state index < -0.39 is 29.4 Å². The van der Waals surface area contributed by atoms with Crippen LogP contribution >= 0.6 is 0 Å². The van der Waals surface area contributed by atoms with E-state index in [9.17, 15) is 27.9 Å². The number of ether oxygens (including phenoxy) is 2. The molecular weight excluding hydrogens is 453 g/mol. The average Bonchev–Trinajstić information content (AvgIpc) is 2.66. The molecule has 0 aliphatic heterocycles. The Labute approximate surface area is 188 Å². The summed E-state index contributed by atoms with van der Waals surface area (Å²) in [4.78, 5) is 23.9. The van der Waals surface area contributed by atoms with Crippen LogP contribution in [-0.4, -0.2) is 36.4 Å². The van der Waals surface area contributed by atoms with Crippen molar-refractivity contribution in [2.24, 2.45) is 0 Å². The number of halogens is 3. The van der Waals surface area contributed by atoms with Crippen molar-refractivity contribution in [1.29, 1.82) is 0 Å². The Morgan fingerprint density at radius 3 is 1.37 bits per heavy atom. The first-order valence-electron chi connectivity index (χ1n) is 10.6. The maximum Gasteiger partial charge on any atom is 0.449 e. The number of alkyl halides is 3. The second kappa shape index (κ2) is 18.5. The van der Waals surface area contributed by atoms with E-state index in [1.54, 1.807) is 0 Å². The van der Waals surface area contributed by atoms with Gasteiger partial charge in [0.2, 0.25) is 5.76 Å². The van der Waals surface area contributed by atoms with Crippen LogP contribution < -0.4 is 0 Å².